The van der Waals surface area contributed by atoms with E-state index in [4.69, 9.17) is 10.2 Å². The van der Waals surface area contributed by atoms with Gasteiger partial charge in [-0.1, -0.05) is 30.3 Å². The maximum Gasteiger partial charge on any atom is 0.339 e. The van der Waals surface area contributed by atoms with E-state index in [2.05, 4.69) is 42.4 Å². The van der Waals surface area contributed by atoms with E-state index >= 15 is 0 Å². The fourth-order valence-electron chi connectivity index (χ4n) is 4.93. The number of aromatic nitrogens is 3. The van der Waals surface area contributed by atoms with Crippen LogP contribution in [0.25, 0.3) is 11.3 Å². The van der Waals surface area contributed by atoms with Gasteiger partial charge < -0.3 is 25.7 Å². The number of carbonyl (C=O) groups is 2. The number of carboxylic acids is 1. The summed E-state index contributed by atoms with van der Waals surface area (Å²) in [7, 11) is 2.16. The van der Waals surface area contributed by atoms with Gasteiger partial charge >= 0.3 is 5.97 Å². The molecule has 240 valence electrons. The molecular formula is C36H37N7O4. The van der Waals surface area contributed by atoms with Gasteiger partial charge in [0.1, 0.15) is 11.3 Å². The van der Waals surface area contributed by atoms with Crippen molar-refractivity contribution in [3.8, 4) is 17.0 Å². The quantitative estimate of drug-likeness (QED) is 0.169. The Bertz CT molecular complexity index is 1810. The molecule has 11 heteroatoms. The topological polar surface area (TPSA) is 144 Å². The van der Waals surface area contributed by atoms with E-state index in [0.717, 1.165) is 55.2 Å². The van der Waals surface area contributed by atoms with Gasteiger partial charge in [-0.25, -0.2) is 14.8 Å². The van der Waals surface area contributed by atoms with Gasteiger partial charge in [0, 0.05) is 73.8 Å². The summed E-state index contributed by atoms with van der Waals surface area (Å²) in [4.78, 5) is 41.1. The van der Waals surface area contributed by atoms with Gasteiger partial charge in [0.05, 0.1) is 5.69 Å². The third-order valence-corrected chi connectivity index (χ3v) is 7.71. The van der Waals surface area contributed by atoms with Crippen molar-refractivity contribution in [1.29, 1.82) is 0 Å². The molecule has 3 aromatic carbocycles. The van der Waals surface area contributed by atoms with Crippen molar-refractivity contribution in [3.63, 3.8) is 0 Å². The molecule has 0 atom stereocenters. The Morgan fingerprint density at radius 2 is 1.66 bits per heavy atom. The molecule has 0 bridgehead atoms. The molecule has 6 rings (SSSR count). The Hall–Kier alpha value is -5.65. The van der Waals surface area contributed by atoms with Gasteiger partial charge in [-0.15, -0.1) is 0 Å². The maximum absolute atomic E-state index is 12.9. The van der Waals surface area contributed by atoms with E-state index in [1.54, 1.807) is 30.7 Å². The molecule has 5 aromatic rings. The highest BCUT2D eigenvalue weighted by atomic mass is 16.4. The van der Waals surface area contributed by atoms with Crippen LogP contribution >= 0.6 is 0 Å². The van der Waals surface area contributed by atoms with E-state index in [-0.39, 0.29) is 17.2 Å². The average Bonchev–Trinajstić information content (AvgIpc) is 3.08. The van der Waals surface area contributed by atoms with Crippen molar-refractivity contribution >= 4 is 29.2 Å². The minimum atomic E-state index is -1.11. The lowest BCUT2D eigenvalue weighted by Crippen LogP contribution is -2.43. The summed E-state index contributed by atoms with van der Waals surface area (Å²) in [5.74, 6) is -0.979. The number of anilines is 3. The number of nitrogens with zero attached hydrogens (tertiary/aromatic N) is 5. The number of pyridine rings is 1. The third-order valence-electron chi connectivity index (χ3n) is 7.71. The predicted octanol–water partition coefficient (Wildman–Crippen LogP) is 5.68. The first-order valence-electron chi connectivity index (χ1n) is 15.2. The van der Waals surface area contributed by atoms with E-state index in [1.165, 1.54) is 17.7 Å². The number of carboxylic acid groups (broad SMARTS) is 1. The number of likely N-dealkylation sites (N-methyl/N-ethyl adjacent to an activating group) is 1. The molecule has 1 aliphatic heterocycles. The van der Waals surface area contributed by atoms with Crippen LogP contribution in [0.1, 0.15) is 31.8 Å². The molecular weight excluding hydrogens is 594 g/mol. The van der Waals surface area contributed by atoms with Crippen LogP contribution in [0.3, 0.4) is 0 Å². The number of hydrogen-bond donors (Lipinski definition) is 4. The number of aromatic carboxylic acids is 1. The van der Waals surface area contributed by atoms with E-state index in [9.17, 15) is 9.59 Å². The monoisotopic (exact) mass is 631 g/mol. The summed E-state index contributed by atoms with van der Waals surface area (Å²) in [5, 5.41) is 23.6. The zero-order valence-corrected chi connectivity index (χ0v) is 26.3. The summed E-state index contributed by atoms with van der Waals surface area (Å²) in [6.45, 7) is 7.24. The second-order valence-corrected chi connectivity index (χ2v) is 11.2. The molecule has 11 nitrogen and oxygen atoms in total. The minimum Gasteiger partial charge on any atom is -0.507 e. The van der Waals surface area contributed by atoms with Crippen LogP contribution in [0.4, 0.5) is 17.3 Å². The number of carbonyl (C=O) groups excluding carboxylic acids is 1. The molecule has 1 saturated heterocycles. The summed E-state index contributed by atoms with van der Waals surface area (Å²) in [5.41, 5.74) is 6.01. The zero-order valence-electron chi connectivity index (χ0n) is 26.3. The van der Waals surface area contributed by atoms with Gasteiger partial charge in [0.25, 0.3) is 5.91 Å². The molecule has 0 unspecified atom stereocenters. The van der Waals surface area contributed by atoms with Crippen LogP contribution in [-0.4, -0.2) is 80.1 Å². The molecule has 0 radical (unpaired) electrons. The highest BCUT2D eigenvalue weighted by molar-refractivity contribution is 6.04. The largest absolute Gasteiger partial charge is 0.507 e. The highest BCUT2D eigenvalue weighted by Crippen LogP contribution is 2.25. The molecule has 2 aromatic heterocycles. The Morgan fingerprint density at radius 1 is 0.894 bits per heavy atom. The molecule has 1 amide bonds. The number of amides is 1. The smallest absolute Gasteiger partial charge is 0.339 e. The number of aromatic hydroxyl groups is 1. The normalized spacial score (nSPS) is 13.2. The summed E-state index contributed by atoms with van der Waals surface area (Å²) in [6.07, 6.45) is 5.22. The van der Waals surface area contributed by atoms with Crippen LogP contribution < -0.4 is 10.6 Å². The lowest BCUT2D eigenvalue weighted by atomic mass is 10.1. The lowest BCUT2D eigenvalue weighted by Gasteiger charge is -2.32. The Kier molecular flexibility index (Phi) is 10.8. The standard InChI is InChI=1S/C29H31N7O.C7H6O3/c1-21-5-10-25(18-27(21)34-29-31-13-11-26(33-29)24-4-3-12-30-19-24)32-28(37)23-8-6-22(7-9-23)20-36-16-14-35(2)15-17-36;8-6-4-2-1-3-5(6)7(9)10/h3-13,18-19H,14-17,20H2,1-2H3,(H,32,37)(H,31,33,34);1-4,8H,(H,9,10). The molecule has 4 N–H and O–H groups in total. The van der Waals surface area contributed by atoms with E-state index < -0.39 is 5.97 Å². The number of phenols is 1. The molecule has 0 spiro atoms. The SMILES string of the molecule is Cc1ccc(NC(=O)c2ccc(CN3CCN(C)CC3)cc2)cc1Nc1nccc(-c2cccnc2)n1.O=C(O)c1ccccc1O. The average molecular weight is 632 g/mol. The van der Waals surface area contributed by atoms with E-state index in [0.29, 0.717) is 17.2 Å². The maximum atomic E-state index is 12.9. The van der Waals surface area contributed by atoms with Crippen LogP contribution in [0.15, 0.2) is 104 Å². The summed E-state index contributed by atoms with van der Waals surface area (Å²) < 4.78 is 0. The molecule has 47 heavy (non-hydrogen) atoms. The third kappa shape index (κ3) is 9.19. The second-order valence-electron chi connectivity index (χ2n) is 11.2. The number of hydrogen-bond acceptors (Lipinski definition) is 9. The number of piperazine rings is 1. The number of nitrogens with one attached hydrogen (secondary N) is 2. The van der Waals surface area contributed by atoms with Crippen molar-refractivity contribution in [1.82, 2.24) is 24.8 Å². The summed E-state index contributed by atoms with van der Waals surface area (Å²) in [6, 6.07) is 25.1. The Labute approximate surface area is 273 Å². The number of para-hydroxylation sites is 1. The first-order valence-corrected chi connectivity index (χ1v) is 15.2. The van der Waals surface area contributed by atoms with Crippen molar-refractivity contribution < 1.29 is 19.8 Å². The molecule has 3 heterocycles. The fourth-order valence-corrected chi connectivity index (χ4v) is 4.93. The van der Waals surface area contributed by atoms with Crippen molar-refractivity contribution in [2.75, 3.05) is 43.9 Å². The van der Waals surface area contributed by atoms with Gasteiger partial charge in [-0.2, -0.15) is 0 Å². The molecule has 1 aliphatic rings. The molecule has 0 aliphatic carbocycles. The van der Waals surface area contributed by atoms with Crippen LogP contribution in [0.5, 0.6) is 5.75 Å². The number of benzene rings is 3. The van der Waals surface area contributed by atoms with Gasteiger partial charge in [0.2, 0.25) is 5.95 Å². The minimum absolute atomic E-state index is 0.0671. The van der Waals surface area contributed by atoms with E-state index in [1.807, 2.05) is 67.6 Å². The highest BCUT2D eigenvalue weighted by Gasteiger charge is 2.15. The van der Waals surface area contributed by atoms with Crippen LogP contribution in [0.2, 0.25) is 0 Å². The molecule has 1 fully saturated rings. The number of aryl methyl sites for hydroxylation is 1. The zero-order chi connectivity index (χ0) is 33.2. The molecule has 0 saturated carbocycles. The van der Waals surface area contributed by atoms with Gasteiger partial charge in [-0.3, -0.25) is 14.7 Å². The van der Waals surface area contributed by atoms with Crippen molar-refractivity contribution in [2.24, 2.45) is 0 Å². The Morgan fingerprint density at radius 3 is 2.34 bits per heavy atom. The predicted molar refractivity (Wildman–Crippen MR) is 182 cm³/mol. The lowest BCUT2D eigenvalue weighted by molar-refractivity contribution is 0.0693. The van der Waals surface area contributed by atoms with Gasteiger partial charge in [0.15, 0.2) is 0 Å². The summed E-state index contributed by atoms with van der Waals surface area (Å²) >= 11 is 0. The fraction of sp³-hybridized carbons (Fsp3) is 0.194. The first kappa shape index (κ1) is 32.7. The first-order chi connectivity index (χ1) is 22.7. The number of rotatable bonds is 8. The Balaban J connectivity index is 0.000000371. The van der Waals surface area contributed by atoms with Crippen molar-refractivity contribution in [2.45, 2.75) is 13.5 Å². The van der Waals surface area contributed by atoms with Crippen molar-refractivity contribution in [3.05, 3.63) is 126 Å². The van der Waals surface area contributed by atoms with Crippen LogP contribution in [-0.2, 0) is 6.54 Å². The van der Waals surface area contributed by atoms with Crippen LogP contribution in [0, 0.1) is 6.92 Å². The van der Waals surface area contributed by atoms with Gasteiger partial charge in [-0.05, 0) is 79.7 Å². The second kappa shape index (κ2) is 15.6.